The molecule has 1 nitrogen and oxygen atoms in total. The molecule has 0 aromatic rings. The van der Waals surface area contributed by atoms with Gasteiger partial charge in [0.2, 0.25) is 0 Å². The molecule has 14 heavy (non-hydrogen) atoms. The van der Waals surface area contributed by atoms with E-state index in [4.69, 9.17) is 0 Å². The summed E-state index contributed by atoms with van der Waals surface area (Å²) in [6, 6.07) is 0. The van der Waals surface area contributed by atoms with Gasteiger partial charge < -0.3 is 4.90 Å². The first-order valence-corrected chi connectivity index (χ1v) is 6.11. The Bertz CT molecular complexity index is 140. The van der Waals surface area contributed by atoms with E-state index in [1.54, 1.807) is 0 Å². The van der Waals surface area contributed by atoms with Gasteiger partial charge in [0, 0.05) is 19.3 Å². The lowest BCUT2D eigenvalue weighted by Crippen LogP contribution is -2.18. The fourth-order valence-electron chi connectivity index (χ4n) is 1.53. The largest absolute Gasteiger partial charge is 0.378 e. The predicted octanol–water partition coefficient (Wildman–Crippen LogP) is 4.20. The molecule has 0 N–H and O–H groups in total. The maximum Gasteiger partial charge on any atom is 0.0171 e. The summed E-state index contributed by atoms with van der Waals surface area (Å²) in [5, 5.41) is 0. The van der Waals surface area contributed by atoms with Gasteiger partial charge in [-0.2, -0.15) is 0 Å². The van der Waals surface area contributed by atoms with Crippen molar-refractivity contribution in [1.29, 1.82) is 0 Å². The van der Waals surface area contributed by atoms with E-state index in [0.717, 1.165) is 0 Å². The maximum absolute atomic E-state index is 4.13. The van der Waals surface area contributed by atoms with Crippen molar-refractivity contribution in [3.05, 3.63) is 12.3 Å². The van der Waals surface area contributed by atoms with Crippen molar-refractivity contribution in [1.82, 2.24) is 4.90 Å². The Morgan fingerprint density at radius 3 is 2.14 bits per heavy atom. The van der Waals surface area contributed by atoms with Gasteiger partial charge in [0.1, 0.15) is 0 Å². The van der Waals surface area contributed by atoms with Crippen molar-refractivity contribution >= 4 is 0 Å². The molecule has 84 valence electrons. The lowest BCUT2D eigenvalue weighted by Gasteiger charge is -2.21. The fraction of sp³-hybridized carbons (Fsp3) is 0.846. The van der Waals surface area contributed by atoms with Crippen molar-refractivity contribution in [2.24, 2.45) is 0 Å². The van der Waals surface area contributed by atoms with Crippen LogP contribution in [0.2, 0.25) is 0 Å². The van der Waals surface area contributed by atoms with Gasteiger partial charge in [0.25, 0.3) is 0 Å². The second kappa shape index (κ2) is 9.11. The van der Waals surface area contributed by atoms with E-state index in [1.165, 1.54) is 57.2 Å². The summed E-state index contributed by atoms with van der Waals surface area (Å²) in [7, 11) is 2.17. The van der Waals surface area contributed by atoms with Gasteiger partial charge in [-0.15, -0.1) is 0 Å². The molecule has 0 rings (SSSR count). The molecule has 0 fully saturated rings. The molecule has 0 saturated heterocycles. The van der Waals surface area contributed by atoms with Gasteiger partial charge in [0.05, 0.1) is 0 Å². The van der Waals surface area contributed by atoms with E-state index < -0.39 is 0 Å². The summed E-state index contributed by atoms with van der Waals surface area (Å²) in [5.74, 6) is 0. The topological polar surface area (TPSA) is 3.24 Å². The smallest absolute Gasteiger partial charge is 0.0171 e. The van der Waals surface area contributed by atoms with Gasteiger partial charge in [-0.1, -0.05) is 46.1 Å². The van der Waals surface area contributed by atoms with Crippen molar-refractivity contribution in [2.75, 3.05) is 13.6 Å². The maximum atomic E-state index is 4.13. The highest BCUT2D eigenvalue weighted by Crippen LogP contribution is 2.11. The first-order chi connectivity index (χ1) is 6.72. The van der Waals surface area contributed by atoms with Crippen LogP contribution in [0.15, 0.2) is 12.3 Å². The molecule has 0 bridgehead atoms. The van der Waals surface area contributed by atoms with E-state index in [9.17, 15) is 0 Å². The van der Waals surface area contributed by atoms with Crippen LogP contribution in [0.25, 0.3) is 0 Å². The average Bonchev–Trinajstić information content (AvgIpc) is 2.18. The molecule has 0 aromatic carbocycles. The second-order valence-electron chi connectivity index (χ2n) is 4.15. The molecule has 0 amide bonds. The molecule has 0 spiro atoms. The third kappa shape index (κ3) is 6.99. The molecule has 0 heterocycles. The van der Waals surface area contributed by atoms with E-state index in [1.807, 2.05) is 0 Å². The monoisotopic (exact) mass is 197 g/mol. The lowest BCUT2D eigenvalue weighted by molar-refractivity contribution is 0.384. The summed E-state index contributed by atoms with van der Waals surface area (Å²) in [5.41, 5.74) is 1.31. The van der Waals surface area contributed by atoms with Gasteiger partial charge in [-0.3, -0.25) is 0 Å². The molecular weight excluding hydrogens is 170 g/mol. The Kier molecular flexibility index (Phi) is 8.81. The molecule has 1 heteroatoms. The minimum absolute atomic E-state index is 1.18. The van der Waals surface area contributed by atoms with E-state index >= 15 is 0 Å². The number of hydrogen-bond donors (Lipinski definition) is 0. The minimum atomic E-state index is 1.18. The lowest BCUT2D eigenvalue weighted by atomic mass is 10.1. The zero-order valence-corrected chi connectivity index (χ0v) is 10.3. The molecule has 0 radical (unpaired) electrons. The number of nitrogens with zero attached hydrogens (tertiary/aromatic N) is 1. The van der Waals surface area contributed by atoms with Crippen LogP contribution in [0.1, 0.15) is 58.8 Å². The van der Waals surface area contributed by atoms with E-state index in [-0.39, 0.29) is 0 Å². The van der Waals surface area contributed by atoms with Crippen LogP contribution in [-0.2, 0) is 0 Å². The molecule has 0 aliphatic rings. The average molecular weight is 197 g/mol. The molecule has 0 atom stereocenters. The zero-order valence-electron chi connectivity index (χ0n) is 10.3. The first kappa shape index (κ1) is 13.5. The number of hydrogen-bond acceptors (Lipinski definition) is 1. The third-order valence-electron chi connectivity index (χ3n) is 2.71. The number of rotatable bonds is 9. The number of allylic oxidation sites excluding steroid dienone is 1. The molecule has 0 aromatic heterocycles. The summed E-state index contributed by atoms with van der Waals surface area (Å²) in [6.07, 6.45) is 9.06. The second-order valence-corrected chi connectivity index (χ2v) is 4.15. The van der Waals surface area contributed by atoms with Crippen LogP contribution >= 0.6 is 0 Å². The van der Waals surface area contributed by atoms with Crippen LogP contribution in [0.3, 0.4) is 0 Å². The highest BCUT2D eigenvalue weighted by atomic mass is 15.1. The van der Waals surface area contributed by atoms with Crippen LogP contribution in [0, 0.1) is 0 Å². The predicted molar refractivity (Wildman–Crippen MR) is 65.4 cm³/mol. The van der Waals surface area contributed by atoms with Gasteiger partial charge in [0.15, 0.2) is 0 Å². The quantitative estimate of drug-likeness (QED) is 0.501. The van der Waals surface area contributed by atoms with Crippen LogP contribution in [0.4, 0.5) is 0 Å². The van der Waals surface area contributed by atoms with Crippen LogP contribution in [-0.4, -0.2) is 18.5 Å². The Balaban J connectivity index is 3.44. The van der Waals surface area contributed by atoms with Crippen LogP contribution in [0.5, 0.6) is 0 Å². The normalized spacial score (nSPS) is 10.2. The summed E-state index contributed by atoms with van der Waals surface area (Å²) in [6.45, 7) is 9.80. The van der Waals surface area contributed by atoms with Gasteiger partial charge >= 0.3 is 0 Å². The Hall–Kier alpha value is -0.460. The first-order valence-electron chi connectivity index (χ1n) is 6.11. The summed E-state index contributed by atoms with van der Waals surface area (Å²) < 4.78 is 0. The number of unbranched alkanes of at least 4 members (excludes halogenated alkanes) is 4. The van der Waals surface area contributed by atoms with Gasteiger partial charge in [-0.05, 0) is 19.3 Å². The van der Waals surface area contributed by atoms with Crippen molar-refractivity contribution in [2.45, 2.75) is 58.8 Å². The Morgan fingerprint density at radius 1 is 1.00 bits per heavy atom. The minimum Gasteiger partial charge on any atom is -0.378 e. The Morgan fingerprint density at radius 2 is 1.57 bits per heavy atom. The van der Waals surface area contributed by atoms with Crippen molar-refractivity contribution in [3.63, 3.8) is 0 Å². The molecular formula is C13H27N. The Labute approximate surface area is 90.2 Å². The summed E-state index contributed by atoms with van der Waals surface area (Å²) >= 11 is 0. The molecule has 0 aliphatic carbocycles. The van der Waals surface area contributed by atoms with Crippen molar-refractivity contribution in [3.8, 4) is 0 Å². The molecule has 0 unspecified atom stereocenters. The molecule has 0 saturated carbocycles. The zero-order chi connectivity index (χ0) is 10.8. The summed E-state index contributed by atoms with van der Waals surface area (Å²) in [4.78, 5) is 2.32. The fourth-order valence-corrected chi connectivity index (χ4v) is 1.53. The highest BCUT2D eigenvalue weighted by molar-refractivity contribution is 4.91. The third-order valence-corrected chi connectivity index (χ3v) is 2.71. The van der Waals surface area contributed by atoms with Crippen LogP contribution < -0.4 is 0 Å². The SMILES string of the molecule is C=C(CCCCC)N(C)CCCCC. The standard InChI is InChI=1S/C13H27N/c1-5-7-9-11-13(3)14(4)12-10-8-6-2/h3,5-12H2,1-2,4H3. The highest BCUT2D eigenvalue weighted by Gasteiger charge is 2.00. The molecule has 0 aliphatic heterocycles. The van der Waals surface area contributed by atoms with E-state index in [0.29, 0.717) is 0 Å². The van der Waals surface area contributed by atoms with Crippen molar-refractivity contribution < 1.29 is 0 Å². The van der Waals surface area contributed by atoms with E-state index in [2.05, 4.69) is 32.4 Å². The van der Waals surface area contributed by atoms with Gasteiger partial charge in [-0.25, -0.2) is 0 Å².